The van der Waals surface area contributed by atoms with Crippen LogP contribution in [0.25, 0.3) is 10.8 Å². The highest BCUT2D eigenvalue weighted by Crippen LogP contribution is 2.39. The molecule has 1 aromatic heterocycles. The molecule has 2 aromatic carbocycles. The Morgan fingerprint density at radius 3 is 2.26 bits per heavy atom. The Kier molecular flexibility index (Phi) is 10.4. The summed E-state index contributed by atoms with van der Waals surface area (Å²) in [7, 11) is 3.73. The van der Waals surface area contributed by atoms with Crippen LogP contribution < -0.4 is 14.5 Å². The molecule has 3 fully saturated rings. The smallest absolute Gasteiger partial charge is 0.410 e. The summed E-state index contributed by atoms with van der Waals surface area (Å²) in [6.45, 7) is 10.7. The number of methoxy groups -OCH3 is 1. The van der Waals surface area contributed by atoms with Gasteiger partial charge in [0.1, 0.15) is 11.4 Å². The van der Waals surface area contributed by atoms with E-state index in [2.05, 4.69) is 21.7 Å². The number of nitrogens with zero attached hydrogens (tertiary/aromatic N) is 6. The zero-order valence-corrected chi connectivity index (χ0v) is 27.6. The fourth-order valence-corrected chi connectivity index (χ4v) is 7.21. The second-order valence-corrected chi connectivity index (χ2v) is 13.9. The Morgan fingerprint density at radius 1 is 0.979 bits per heavy atom. The van der Waals surface area contributed by atoms with Gasteiger partial charge in [-0.2, -0.15) is 9.97 Å². The van der Waals surface area contributed by atoms with Gasteiger partial charge in [-0.1, -0.05) is 31.7 Å². The van der Waals surface area contributed by atoms with E-state index in [0.29, 0.717) is 32.6 Å². The average Bonchev–Trinajstić information content (AvgIpc) is 3.62. The van der Waals surface area contributed by atoms with Gasteiger partial charge in [-0.05, 0) is 90.5 Å². The van der Waals surface area contributed by atoms with Crippen LogP contribution in [0.4, 0.5) is 25.1 Å². The molecular formula is C36H50F2N6O3. The molecule has 4 aliphatic heterocycles. The molecule has 9 nitrogen and oxygen atoms in total. The van der Waals surface area contributed by atoms with Gasteiger partial charge in [0.2, 0.25) is 0 Å². The highest BCUT2D eigenvalue weighted by molar-refractivity contribution is 5.95. The number of carbonyl (C=O) groups excluding carboxylic acids is 1. The van der Waals surface area contributed by atoms with Crippen LogP contribution in [0.5, 0.6) is 6.01 Å². The van der Waals surface area contributed by atoms with Crippen molar-refractivity contribution in [2.75, 3.05) is 56.7 Å². The van der Waals surface area contributed by atoms with Crippen molar-refractivity contribution < 1.29 is 23.0 Å². The van der Waals surface area contributed by atoms with E-state index in [1.165, 1.54) is 25.9 Å². The number of amides is 1. The van der Waals surface area contributed by atoms with E-state index < -0.39 is 12.0 Å². The van der Waals surface area contributed by atoms with Crippen molar-refractivity contribution in [1.29, 1.82) is 0 Å². The van der Waals surface area contributed by atoms with Crippen molar-refractivity contribution in [3.8, 4) is 6.01 Å². The minimum Gasteiger partial charge on any atom is -0.467 e. The van der Waals surface area contributed by atoms with Crippen LogP contribution in [0.15, 0.2) is 36.4 Å². The molecular weight excluding hydrogens is 602 g/mol. The topological polar surface area (TPSA) is 74.3 Å². The maximum absolute atomic E-state index is 13.8. The molecule has 2 bridgehead atoms. The van der Waals surface area contributed by atoms with Gasteiger partial charge in [0.25, 0.3) is 6.43 Å². The van der Waals surface area contributed by atoms with Crippen molar-refractivity contribution >= 4 is 28.4 Å². The summed E-state index contributed by atoms with van der Waals surface area (Å²) in [4.78, 5) is 31.1. The summed E-state index contributed by atoms with van der Waals surface area (Å²) in [6, 6.07) is 11.2. The summed E-state index contributed by atoms with van der Waals surface area (Å²) >= 11 is 0. The SMILES string of the molecule is C.CN1CCCC1.COc1nc2c(c(N3CC4CCC(C3)N4C(=O)OC(C)(C)C)n1)CCN(c1cc(C(F)F)cc3ccccc13)C2. The first-order chi connectivity index (χ1) is 22.0. The highest BCUT2D eigenvalue weighted by atomic mass is 19.3. The molecule has 1 amide bonds. The van der Waals surface area contributed by atoms with E-state index in [1.54, 1.807) is 19.2 Å². The van der Waals surface area contributed by atoms with Crippen LogP contribution in [0.1, 0.15) is 77.1 Å². The molecule has 0 aliphatic carbocycles. The number of piperazine rings is 1. The largest absolute Gasteiger partial charge is 0.467 e. The molecule has 11 heteroatoms. The Balaban J connectivity index is 0.000000559. The number of anilines is 2. The Bertz CT molecular complexity index is 1540. The molecule has 3 aromatic rings. The molecule has 0 spiro atoms. The number of alkyl halides is 2. The zero-order chi connectivity index (χ0) is 32.6. The van der Waals surface area contributed by atoms with Crippen molar-refractivity contribution in [2.45, 2.75) is 91.0 Å². The van der Waals surface area contributed by atoms with Gasteiger partial charge < -0.3 is 24.2 Å². The van der Waals surface area contributed by atoms with Crippen LogP contribution in [-0.4, -0.2) is 90.4 Å². The molecule has 256 valence electrons. The van der Waals surface area contributed by atoms with Crippen LogP contribution in [0.2, 0.25) is 0 Å². The fraction of sp³-hybridized carbons (Fsp3) is 0.583. The van der Waals surface area contributed by atoms with E-state index in [0.717, 1.165) is 46.4 Å². The van der Waals surface area contributed by atoms with Crippen molar-refractivity contribution in [2.24, 2.45) is 0 Å². The number of fused-ring (bicyclic) bond motifs is 4. The monoisotopic (exact) mass is 652 g/mol. The van der Waals surface area contributed by atoms with Gasteiger partial charge in [0, 0.05) is 41.8 Å². The standard InChI is InChI=1S/C30H35F2N5O3.C5H11N.CH4/c1-30(2,3)40-29(38)37-20-9-10-21(37)16-36(15-20)27-23-11-12-35(17-24(23)33-28(34-27)39-4)25-14-19(26(31)32)13-18-7-5-6-8-22(18)25;1-6-4-2-3-5-6;/h5-8,13-14,20-21,26H,9-12,15-17H2,1-4H3;2-5H2,1H3;1H4. The van der Waals surface area contributed by atoms with Crippen molar-refractivity contribution in [3.05, 3.63) is 53.2 Å². The number of carbonyl (C=O) groups is 1. The number of hydrogen-bond donors (Lipinski definition) is 0. The lowest BCUT2D eigenvalue weighted by atomic mass is 10.00. The van der Waals surface area contributed by atoms with E-state index >= 15 is 0 Å². The van der Waals surface area contributed by atoms with Gasteiger partial charge in [0.05, 0.1) is 31.4 Å². The third-order valence-corrected chi connectivity index (χ3v) is 9.38. The van der Waals surface area contributed by atoms with E-state index in [-0.39, 0.29) is 37.2 Å². The number of rotatable bonds is 4. The van der Waals surface area contributed by atoms with Crippen LogP contribution in [0.3, 0.4) is 0 Å². The minimum atomic E-state index is -2.55. The second-order valence-electron chi connectivity index (χ2n) is 13.9. The average molecular weight is 653 g/mol. The maximum atomic E-state index is 13.8. The first-order valence-electron chi connectivity index (χ1n) is 16.4. The lowest BCUT2D eigenvalue weighted by Crippen LogP contribution is -2.57. The van der Waals surface area contributed by atoms with Gasteiger partial charge in [-0.3, -0.25) is 4.90 Å². The number of halogens is 2. The van der Waals surface area contributed by atoms with E-state index in [4.69, 9.17) is 19.4 Å². The number of ether oxygens (including phenoxy) is 2. The predicted molar refractivity (Wildman–Crippen MR) is 183 cm³/mol. The summed E-state index contributed by atoms with van der Waals surface area (Å²) in [6.07, 6.45) is 2.54. The maximum Gasteiger partial charge on any atom is 0.410 e. The fourth-order valence-electron chi connectivity index (χ4n) is 7.21. The van der Waals surface area contributed by atoms with E-state index in [9.17, 15) is 13.6 Å². The highest BCUT2D eigenvalue weighted by Gasteiger charge is 2.45. The molecule has 2 unspecified atom stereocenters. The minimum absolute atomic E-state index is 0. The molecule has 7 rings (SSSR count). The van der Waals surface area contributed by atoms with Crippen molar-refractivity contribution in [1.82, 2.24) is 19.8 Å². The van der Waals surface area contributed by atoms with Crippen LogP contribution >= 0.6 is 0 Å². The number of benzene rings is 2. The summed E-state index contributed by atoms with van der Waals surface area (Å²) < 4.78 is 38.8. The Morgan fingerprint density at radius 2 is 1.66 bits per heavy atom. The third-order valence-electron chi connectivity index (χ3n) is 9.38. The predicted octanol–water partition coefficient (Wildman–Crippen LogP) is 7.07. The van der Waals surface area contributed by atoms with Gasteiger partial charge >= 0.3 is 12.1 Å². The quantitative estimate of drug-likeness (QED) is 0.296. The molecule has 0 radical (unpaired) electrons. The summed E-state index contributed by atoms with van der Waals surface area (Å²) in [5, 5.41) is 1.73. The molecule has 0 saturated carbocycles. The van der Waals surface area contributed by atoms with Crippen LogP contribution in [-0.2, 0) is 17.7 Å². The lowest BCUT2D eigenvalue weighted by molar-refractivity contribution is 0.0122. The molecule has 5 heterocycles. The molecule has 4 aliphatic rings. The van der Waals surface area contributed by atoms with Gasteiger partial charge in [0.15, 0.2) is 0 Å². The molecule has 47 heavy (non-hydrogen) atoms. The number of likely N-dealkylation sites (tertiary alicyclic amines) is 1. The first kappa shape index (κ1) is 34.6. The Hall–Kier alpha value is -3.73. The zero-order valence-electron chi connectivity index (χ0n) is 27.6. The van der Waals surface area contributed by atoms with E-state index in [1.807, 2.05) is 49.9 Å². The van der Waals surface area contributed by atoms with Gasteiger partial charge in [-0.25, -0.2) is 13.6 Å². The second kappa shape index (κ2) is 14.2. The molecule has 3 saturated heterocycles. The van der Waals surface area contributed by atoms with Crippen molar-refractivity contribution in [3.63, 3.8) is 0 Å². The molecule has 2 atom stereocenters. The Labute approximate surface area is 277 Å². The van der Waals surface area contributed by atoms with Gasteiger partial charge in [-0.15, -0.1) is 0 Å². The molecule has 0 N–H and O–H groups in total. The first-order valence-corrected chi connectivity index (χ1v) is 16.4. The summed E-state index contributed by atoms with van der Waals surface area (Å²) in [5.41, 5.74) is 2.14. The normalized spacial score (nSPS) is 20.9. The third kappa shape index (κ3) is 7.55. The lowest BCUT2D eigenvalue weighted by Gasteiger charge is -2.43. The summed E-state index contributed by atoms with van der Waals surface area (Å²) in [5.74, 6) is 0.841. The van der Waals surface area contributed by atoms with Crippen LogP contribution in [0, 0.1) is 0 Å². The number of aromatic nitrogens is 2. The number of hydrogen-bond acceptors (Lipinski definition) is 8.